The van der Waals surface area contributed by atoms with Crippen molar-refractivity contribution < 1.29 is 45.5 Å². The molecule has 19 heteroatoms. The van der Waals surface area contributed by atoms with Crippen LogP contribution in [-0.4, -0.2) is 45.4 Å². The van der Waals surface area contributed by atoms with E-state index in [1.54, 1.807) is 12.4 Å². The van der Waals surface area contributed by atoms with Crippen molar-refractivity contribution in [1.82, 2.24) is 20.0 Å². The Morgan fingerprint density at radius 1 is 0.821 bits per heavy atom. The van der Waals surface area contributed by atoms with Gasteiger partial charge in [-0.1, -0.05) is 23.2 Å². The summed E-state index contributed by atoms with van der Waals surface area (Å²) in [5.41, 5.74) is 0.592. The summed E-state index contributed by atoms with van der Waals surface area (Å²) in [5, 5.41) is 19.4. The van der Waals surface area contributed by atoms with Crippen LogP contribution in [0.4, 0.5) is 26.3 Å². The predicted molar refractivity (Wildman–Crippen MR) is 146 cm³/mol. The highest BCUT2D eigenvalue weighted by molar-refractivity contribution is 14.1. The summed E-state index contributed by atoms with van der Waals surface area (Å²) in [5.74, 6) is -0.413. The van der Waals surface area contributed by atoms with Crippen LogP contribution in [0.25, 0.3) is 5.69 Å². The zero-order chi connectivity index (χ0) is 29.2. The highest BCUT2D eigenvalue weighted by atomic mass is 127. The van der Waals surface area contributed by atoms with Gasteiger partial charge < -0.3 is 19.2 Å². The second-order valence-corrected chi connectivity index (χ2v) is 9.59. The normalized spacial score (nSPS) is 10.9. The van der Waals surface area contributed by atoms with Crippen LogP contribution in [0.5, 0.6) is 17.2 Å². The minimum absolute atomic E-state index is 0.210. The molecule has 1 radical (unpaired) electrons. The molecular weight excluding hydrogens is 810 g/mol. The zero-order valence-corrected chi connectivity index (χ0v) is 24.5. The largest absolute Gasteiger partial charge is 0.573 e. The number of nitrogens with zero attached hydrogens (tertiary/aromatic N) is 3. The Bertz CT molecular complexity index is 1270. The number of aromatic nitrogens is 4. The van der Waals surface area contributed by atoms with Crippen molar-refractivity contribution in [3.05, 3.63) is 78.4 Å². The molecule has 0 atom stereocenters. The molecule has 4 rings (SSSR count). The van der Waals surface area contributed by atoms with Gasteiger partial charge in [-0.2, -0.15) is 10.2 Å². The summed E-state index contributed by atoms with van der Waals surface area (Å²) in [6, 6.07) is 9.96. The maximum Gasteiger partial charge on any atom is 0.573 e. The monoisotopic (exact) mass is 821 g/mol. The molecule has 2 aromatic carbocycles. The number of H-pyrrole nitrogens is 1. The van der Waals surface area contributed by atoms with E-state index in [-0.39, 0.29) is 17.2 Å². The fourth-order valence-electron chi connectivity index (χ4n) is 2.30. The standard InChI is InChI=1S/C10H5ClF3IN2O.C7H5BF3O3.C3H2ClIN2/c11-9-8(15)5-17(16-9)6-1-3-7(4-2-6)18-10(12,13)14;9-7(10,11)13-5-1-3-6(4-2-5)14-8-12;4-3-2(5)1-6-7-3/h1-5H;1-4,12H;1H,(H,6,7). The Labute approximate surface area is 254 Å². The van der Waals surface area contributed by atoms with E-state index in [9.17, 15) is 26.3 Å². The number of hydrogen-bond donors (Lipinski definition) is 2. The van der Waals surface area contributed by atoms with Gasteiger partial charge in [-0.15, -0.1) is 26.3 Å². The van der Waals surface area contributed by atoms with E-state index in [0.29, 0.717) is 23.7 Å². The maximum absolute atomic E-state index is 12.0. The Balaban J connectivity index is 0.000000224. The minimum atomic E-state index is -4.70. The average Bonchev–Trinajstić information content (AvgIpc) is 3.38. The van der Waals surface area contributed by atoms with Gasteiger partial charge in [0.05, 0.1) is 19.0 Å². The lowest BCUT2D eigenvalue weighted by Crippen LogP contribution is -2.17. The Hall–Kier alpha value is -2.10. The van der Waals surface area contributed by atoms with E-state index < -0.39 is 12.7 Å². The van der Waals surface area contributed by atoms with Gasteiger partial charge in [0.2, 0.25) is 0 Å². The number of rotatable bonds is 5. The number of benzene rings is 2. The molecule has 4 aromatic rings. The quantitative estimate of drug-likeness (QED) is 0.126. The van der Waals surface area contributed by atoms with E-state index in [1.165, 1.54) is 41.1 Å². The van der Waals surface area contributed by atoms with Crippen LogP contribution in [0.1, 0.15) is 0 Å². The van der Waals surface area contributed by atoms with Crippen LogP contribution in [0, 0.1) is 7.14 Å². The van der Waals surface area contributed by atoms with E-state index in [0.717, 1.165) is 19.3 Å². The molecule has 2 N–H and O–H groups in total. The molecule has 0 bridgehead atoms. The first-order valence-corrected chi connectivity index (χ1v) is 12.7. The third kappa shape index (κ3) is 12.7. The first kappa shape index (κ1) is 33.1. The van der Waals surface area contributed by atoms with Crippen molar-refractivity contribution in [1.29, 1.82) is 0 Å². The molecule has 8 nitrogen and oxygen atoms in total. The molecule has 0 saturated heterocycles. The van der Waals surface area contributed by atoms with Crippen molar-refractivity contribution in [2.45, 2.75) is 12.7 Å². The molecule has 39 heavy (non-hydrogen) atoms. The molecule has 0 aliphatic carbocycles. The van der Waals surface area contributed by atoms with Gasteiger partial charge in [-0.25, -0.2) is 4.68 Å². The number of hydrogen-bond acceptors (Lipinski definition) is 6. The molecule has 2 heterocycles. The van der Waals surface area contributed by atoms with Crippen LogP contribution in [0.2, 0.25) is 10.3 Å². The zero-order valence-electron chi connectivity index (χ0n) is 18.6. The van der Waals surface area contributed by atoms with E-state index in [2.05, 4.69) is 52.0 Å². The number of aromatic amines is 1. The molecule has 2 aromatic heterocycles. The molecule has 209 valence electrons. The molecular formula is C20H12BCl2F6I2N4O4. The predicted octanol–water partition coefficient (Wildman–Crippen LogP) is 7.19. The summed E-state index contributed by atoms with van der Waals surface area (Å²) >= 11 is 15.4. The lowest BCUT2D eigenvalue weighted by molar-refractivity contribution is -0.275. The maximum atomic E-state index is 12.0. The summed E-state index contributed by atoms with van der Waals surface area (Å²) < 4.78 is 86.0. The fourth-order valence-corrected chi connectivity index (χ4v) is 3.16. The van der Waals surface area contributed by atoms with Gasteiger partial charge in [-0.3, -0.25) is 5.10 Å². The fraction of sp³-hybridized carbons (Fsp3) is 0.100. The SMILES string of the molecule is Clc1[nH]ncc1I.FC(F)(F)Oc1ccc(-n2cc(I)c(Cl)n2)cc1.O[B]Oc1ccc(OC(F)(F)F)cc1. The first-order valence-electron chi connectivity index (χ1n) is 9.76. The van der Waals surface area contributed by atoms with Crippen molar-refractivity contribution in [2.75, 3.05) is 0 Å². The van der Waals surface area contributed by atoms with Gasteiger partial charge in [0, 0.05) is 6.20 Å². The van der Waals surface area contributed by atoms with E-state index in [1.807, 2.05) is 22.6 Å². The third-order valence-electron chi connectivity index (χ3n) is 3.76. The number of ether oxygens (including phenoxy) is 2. The molecule has 0 unspecified atom stereocenters. The number of alkyl halides is 6. The van der Waals surface area contributed by atoms with Crippen LogP contribution in [0.3, 0.4) is 0 Å². The van der Waals surface area contributed by atoms with E-state index in [4.69, 9.17) is 28.2 Å². The molecule has 0 saturated carbocycles. The average molecular weight is 822 g/mol. The van der Waals surface area contributed by atoms with Crippen LogP contribution >= 0.6 is 68.4 Å². The van der Waals surface area contributed by atoms with Gasteiger partial charge in [0.25, 0.3) is 0 Å². The minimum Gasteiger partial charge on any atom is -0.537 e. The summed E-state index contributed by atoms with van der Waals surface area (Å²) in [4.78, 5) is 0. The van der Waals surface area contributed by atoms with Crippen LogP contribution in [-0.2, 0) is 0 Å². The van der Waals surface area contributed by atoms with Crippen LogP contribution in [0.15, 0.2) is 60.9 Å². The van der Waals surface area contributed by atoms with Crippen LogP contribution < -0.4 is 14.1 Å². The van der Waals surface area contributed by atoms with E-state index >= 15 is 0 Å². The second-order valence-electron chi connectivity index (χ2n) is 6.53. The van der Waals surface area contributed by atoms with Crippen molar-refractivity contribution in [2.24, 2.45) is 0 Å². The van der Waals surface area contributed by atoms with Crippen molar-refractivity contribution in [3.8, 4) is 22.9 Å². The van der Waals surface area contributed by atoms with Gasteiger partial charge in [0.15, 0.2) is 5.15 Å². The summed E-state index contributed by atoms with van der Waals surface area (Å²) in [7, 11) is 0.430. The highest BCUT2D eigenvalue weighted by Gasteiger charge is 2.31. The Kier molecular flexibility index (Phi) is 12.8. The lowest BCUT2D eigenvalue weighted by Gasteiger charge is -2.09. The topological polar surface area (TPSA) is 94.4 Å². The molecule has 0 aliphatic heterocycles. The summed E-state index contributed by atoms with van der Waals surface area (Å²) in [6.07, 6.45) is -6.05. The smallest absolute Gasteiger partial charge is 0.537 e. The van der Waals surface area contributed by atoms with Crippen molar-refractivity contribution in [3.63, 3.8) is 0 Å². The number of halogens is 10. The Morgan fingerprint density at radius 2 is 1.31 bits per heavy atom. The highest BCUT2D eigenvalue weighted by Crippen LogP contribution is 2.26. The summed E-state index contributed by atoms with van der Waals surface area (Å²) in [6.45, 7) is 0. The molecule has 0 aliphatic rings. The molecule has 0 amide bonds. The molecule has 0 fully saturated rings. The first-order chi connectivity index (χ1) is 18.2. The molecule has 0 spiro atoms. The van der Waals surface area contributed by atoms with Gasteiger partial charge in [0.1, 0.15) is 22.4 Å². The number of nitrogens with one attached hydrogen (secondary N) is 1. The lowest BCUT2D eigenvalue weighted by atomic mass is 10.3. The third-order valence-corrected chi connectivity index (χ3v) is 6.57. The van der Waals surface area contributed by atoms with Gasteiger partial charge >= 0.3 is 20.4 Å². The second kappa shape index (κ2) is 15.1. The van der Waals surface area contributed by atoms with Gasteiger partial charge in [-0.05, 0) is 93.7 Å². The Morgan fingerprint density at radius 3 is 1.64 bits per heavy atom. The van der Waals surface area contributed by atoms with Crippen molar-refractivity contribution >= 4 is 76.1 Å².